The second-order valence-electron chi connectivity index (χ2n) is 13.8. The number of nitrogens with zero attached hydrogens (tertiary/aromatic N) is 6. The fourth-order valence-electron chi connectivity index (χ4n) is 8.12. The summed E-state index contributed by atoms with van der Waals surface area (Å²) in [6, 6.07) is 11.1. The molecule has 0 bridgehead atoms. The van der Waals surface area contributed by atoms with E-state index in [2.05, 4.69) is 32.0 Å². The average Bonchev–Trinajstić information content (AvgIpc) is 3.92. The molecule has 49 heavy (non-hydrogen) atoms. The summed E-state index contributed by atoms with van der Waals surface area (Å²) < 4.78 is 37.6. The van der Waals surface area contributed by atoms with Gasteiger partial charge in [0.2, 0.25) is 0 Å². The standard InChI is InChI=1S/C37H38ClF2N7O2/c1-45(26-12-16-46(21-26)30(48)10-9-23-11-14-41-18-23)35-28-19-42-33(27-7-2-5-24-6-3-8-29(38)31(24)27)32(40)34(28)43-36(44-35)49-22-37-13-4-15-47(37)20-25(39)17-37/h2-3,5-8,19,23,25-26,41H,4,11-18,20-22H2,1H3/t23?,25-,26-,37+/m1/s1. The van der Waals surface area contributed by atoms with E-state index in [1.165, 1.54) is 0 Å². The van der Waals surface area contributed by atoms with Crippen LogP contribution < -0.4 is 15.0 Å². The summed E-state index contributed by atoms with van der Waals surface area (Å²) in [5.41, 5.74) is 0.319. The van der Waals surface area contributed by atoms with Crippen molar-refractivity contribution in [2.45, 2.75) is 49.9 Å². The lowest BCUT2D eigenvalue weighted by molar-refractivity contribution is -0.124. The first-order chi connectivity index (χ1) is 23.8. The van der Waals surface area contributed by atoms with E-state index in [1.807, 2.05) is 36.2 Å². The normalized spacial score (nSPS) is 25.1. The molecule has 1 N–H and O–H groups in total. The molecule has 4 aliphatic rings. The summed E-state index contributed by atoms with van der Waals surface area (Å²) in [5, 5.41) is 5.76. The predicted molar refractivity (Wildman–Crippen MR) is 186 cm³/mol. The van der Waals surface area contributed by atoms with E-state index in [0.29, 0.717) is 59.7 Å². The molecule has 4 fully saturated rings. The molecular formula is C37H38ClF2N7O2. The van der Waals surface area contributed by atoms with E-state index in [9.17, 15) is 9.18 Å². The molecule has 12 heteroatoms. The lowest BCUT2D eigenvalue weighted by Gasteiger charge is -2.31. The summed E-state index contributed by atoms with van der Waals surface area (Å²) >= 11 is 6.62. The van der Waals surface area contributed by atoms with Crippen molar-refractivity contribution in [1.82, 2.24) is 30.1 Å². The van der Waals surface area contributed by atoms with E-state index >= 15 is 4.39 Å². The Morgan fingerprint density at radius 1 is 1.18 bits per heavy atom. The SMILES string of the molecule is CN(c1nc(OC[C@@]23CCCN2C[C@H](F)C3)nc2c(F)c(-c3cccc4cccc(Cl)c34)ncc12)[C@@H]1CCN(C(=O)C#CC2CCNC2)C1. The number of rotatable bonds is 6. The third kappa shape index (κ3) is 5.94. The number of likely N-dealkylation sites (tertiary alicyclic amines) is 1. The molecule has 2 aromatic carbocycles. The molecule has 0 spiro atoms. The highest BCUT2D eigenvalue weighted by atomic mass is 35.5. The highest BCUT2D eigenvalue weighted by Crippen LogP contribution is 2.41. The van der Waals surface area contributed by atoms with Crippen molar-refractivity contribution in [2.24, 2.45) is 5.92 Å². The maximum Gasteiger partial charge on any atom is 0.319 e. The van der Waals surface area contributed by atoms with Gasteiger partial charge in [-0.15, -0.1) is 0 Å². The smallest absolute Gasteiger partial charge is 0.319 e. The molecule has 0 radical (unpaired) electrons. The second-order valence-corrected chi connectivity index (χ2v) is 14.2. The number of ether oxygens (including phenoxy) is 1. The molecule has 6 heterocycles. The van der Waals surface area contributed by atoms with Gasteiger partial charge in [0.15, 0.2) is 5.82 Å². The number of halogens is 3. The van der Waals surface area contributed by atoms with Crippen molar-refractivity contribution in [3.05, 3.63) is 53.4 Å². The summed E-state index contributed by atoms with van der Waals surface area (Å²) in [7, 11) is 1.89. The van der Waals surface area contributed by atoms with Gasteiger partial charge in [-0.2, -0.15) is 9.97 Å². The van der Waals surface area contributed by atoms with Crippen LogP contribution in [0.1, 0.15) is 32.1 Å². The molecule has 1 unspecified atom stereocenters. The Hall–Kier alpha value is -4.11. The number of carbonyl (C=O) groups excluding carboxylic acids is 1. The van der Waals surface area contributed by atoms with Gasteiger partial charge in [-0.1, -0.05) is 47.9 Å². The third-order valence-corrected chi connectivity index (χ3v) is 11.1. The van der Waals surface area contributed by atoms with Gasteiger partial charge in [0.25, 0.3) is 5.91 Å². The van der Waals surface area contributed by atoms with Gasteiger partial charge in [-0.3, -0.25) is 14.7 Å². The molecule has 0 aliphatic carbocycles. The van der Waals surface area contributed by atoms with Gasteiger partial charge in [0.1, 0.15) is 29.8 Å². The Balaban J connectivity index is 1.15. The highest BCUT2D eigenvalue weighted by Gasteiger charge is 2.49. The van der Waals surface area contributed by atoms with Crippen molar-refractivity contribution in [2.75, 3.05) is 57.8 Å². The Morgan fingerprint density at radius 2 is 2.04 bits per heavy atom. The van der Waals surface area contributed by atoms with E-state index in [1.54, 1.807) is 23.2 Å². The first-order valence-electron chi connectivity index (χ1n) is 17.1. The molecule has 1 amide bonds. The average molecular weight is 686 g/mol. The number of nitrogens with one attached hydrogen (secondary N) is 1. The zero-order valence-corrected chi connectivity index (χ0v) is 28.1. The van der Waals surface area contributed by atoms with E-state index in [4.69, 9.17) is 21.3 Å². The number of amides is 1. The van der Waals surface area contributed by atoms with Crippen LogP contribution in [0, 0.1) is 23.6 Å². The number of benzene rings is 2. The van der Waals surface area contributed by atoms with E-state index in [-0.39, 0.29) is 41.7 Å². The molecule has 4 atom stereocenters. The maximum absolute atomic E-state index is 16.8. The van der Waals surface area contributed by atoms with Crippen LogP contribution in [0.3, 0.4) is 0 Å². The van der Waals surface area contributed by atoms with Gasteiger partial charge in [-0.25, -0.2) is 8.78 Å². The number of likely N-dealkylation sites (N-methyl/N-ethyl adjacent to an activating group) is 1. The Bertz CT molecular complexity index is 1990. The van der Waals surface area contributed by atoms with Gasteiger partial charge < -0.3 is 19.9 Å². The lowest BCUT2D eigenvalue weighted by atomic mass is 9.95. The van der Waals surface area contributed by atoms with Crippen LogP contribution in [-0.2, 0) is 4.79 Å². The summed E-state index contributed by atoms with van der Waals surface area (Å²) in [5.74, 6) is 5.82. The molecule has 0 saturated carbocycles. The molecule has 254 valence electrons. The quantitative estimate of drug-likeness (QED) is 0.276. The Labute approximate surface area is 289 Å². The molecule has 4 aliphatic heterocycles. The van der Waals surface area contributed by atoms with Crippen LogP contribution >= 0.6 is 11.6 Å². The van der Waals surface area contributed by atoms with Gasteiger partial charge >= 0.3 is 6.01 Å². The minimum absolute atomic E-state index is 0.0202. The largest absolute Gasteiger partial charge is 0.461 e. The van der Waals surface area contributed by atoms with E-state index in [0.717, 1.165) is 44.3 Å². The van der Waals surface area contributed by atoms with Crippen molar-refractivity contribution < 1.29 is 18.3 Å². The first kappa shape index (κ1) is 32.1. The van der Waals surface area contributed by atoms with Crippen LogP contribution in [0.5, 0.6) is 6.01 Å². The number of alkyl halides is 1. The lowest BCUT2D eigenvalue weighted by Crippen LogP contribution is -2.43. The van der Waals surface area contributed by atoms with E-state index < -0.39 is 17.5 Å². The fourth-order valence-corrected chi connectivity index (χ4v) is 8.40. The van der Waals surface area contributed by atoms with Crippen molar-refractivity contribution >= 4 is 45.0 Å². The highest BCUT2D eigenvalue weighted by molar-refractivity contribution is 6.36. The zero-order chi connectivity index (χ0) is 33.7. The molecule has 4 aromatic rings. The summed E-state index contributed by atoms with van der Waals surface area (Å²) in [6.45, 7) is 4.17. The number of carbonyl (C=O) groups is 1. The first-order valence-corrected chi connectivity index (χ1v) is 17.5. The molecule has 2 aromatic heterocycles. The molecular weight excluding hydrogens is 648 g/mol. The topological polar surface area (TPSA) is 86.7 Å². The van der Waals surface area contributed by atoms with Crippen LogP contribution in [0.25, 0.3) is 32.9 Å². The van der Waals surface area contributed by atoms with Gasteiger partial charge in [0.05, 0.1) is 10.9 Å². The zero-order valence-electron chi connectivity index (χ0n) is 27.4. The Morgan fingerprint density at radius 3 is 2.88 bits per heavy atom. The van der Waals surface area contributed by atoms with Gasteiger partial charge in [0, 0.05) is 73.8 Å². The minimum atomic E-state index is -0.908. The molecule has 4 saturated heterocycles. The summed E-state index contributed by atoms with van der Waals surface area (Å²) in [4.78, 5) is 32.9. The number of fused-ring (bicyclic) bond motifs is 3. The Kier molecular flexibility index (Phi) is 8.50. The maximum atomic E-state index is 16.8. The number of aromatic nitrogens is 3. The number of hydrogen-bond donors (Lipinski definition) is 1. The fraction of sp³-hybridized carbons (Fsp3) is 0.459. The molecule has 8 rings (SSSR count). The van der Waals surface area contributed by atoms with Gasteiger partial charge in [-0.05, 0) is 56.1 Å². The van der Waals surface area contributed by atoms with Crippen molar-refractivity contribution in [3.8, 4) is 29.1 Å². The van der Waals surface area contributed by atoms with Crippen LogP contribution in [-0.4, -0.2) is 101 Å². The van der Waals surface area contributed by atoms with Crippen LogP contribution in [0.4, 0.5) is 14.6 Å². The minimum Gasteiger partial charge on any atom is -0.461 e. The van der Waals surface area contributed by atoms with Crippen molar-refractivity contribution in [1.29, 1.82) is 0 Å². The van der Waals surface area contributed by atoms with Crippen LogP contribution in [0.15, 0.2) is 42.6 Å². The number of anilines is 1. The van der Waals surface area contributed by atoms with Crippen LogP contribution in [0.2, 0.25) is 5.02 Å². The third-order valence-electron chi connectivity index (χ3n) is 10.8. The van der Waals surface area contributed by atoms with Crippen molar-refractivity contribution in [3.63, 3.8) is 0 Å². The molecule has 9 nitrogen and oxygen atoms in total. The predicted octanol–water partition coefficient (Wildman–Crippen LogP) is 5.24. The second kappa shape index (κ2) is 13.0. The summed E-state index contributed by atoms with van der Waals surface area (Å²) in [6.07, 6.45) is 4.51. The number of pyridine rings is 1. The number of hydrogen-bond acceptors (Lipinski definition) is 8. The monoisotopic (exact) mass is 685 g/mol.